The molecular weight excluding hydrogens is 266 g/mol. The fourth-order valence-electron chi connectivity index (χ4n) is 4.17. The molecule has 2 aliphatic carbocycles. The maximum Gasteiger partial charge on any atom is 0.328 e. The summed E-state index contributed by atoms with van der Waals surface area (Å²) in [6.45, 7) is 11.9. The normalized spacial score (nSPS) is 36.8. The van der Waals surface area contributed by atoms with Gasteiger partial charge in [-0.3, -0.25) is 9.79 Å². The van der Waals surface area contributed by atoms with Gasteiger partial charge >= 0.3 is 5.97 Å². The summed E-state index contributed by atoms with van der Waals surface area (Å²) in [5, 5.41) is 10.9. The van der Waals surface area contributed by atoms with Gasteiger partial charge in [0.1, 0.15) is 17.7 Å². The lowest BCUT2D eigenvalue weighted by molar-refractivity contribution is -0.152. The van der Waals surface area contributed by atoms with E-state index in [1.165, 1.54) is 0 Å². The molecule has 0 radical (unpaired) electrons. The summed E-state index contributed by atoms with van der Waals surface area (Å²) >= 11 is 0. The van der Waals surface area contributed by atoms with E-state index in [9.17, 15) is 9.90 Å². The predicted octanol–water partition coefficient (Wildman–Crippen LogP) is 2.98. The zero-order valence-electron chi connectivity index (χ0n) is 14.2. The minimum atomic E-state index is -0.904. The van der Waals surface area contributed by atoms with Crippen molar-refractivity contribution in [3.05, 3.63) is 0 Å². The van der Waals surface area contributed by atoms with Gasteiger partial charge in [-0.15, -0.1) is 0 Å². The lowest BCUT2D eigenvalue weighted by atomic mass is 9.61. The van der Waals surface area contributed by atoms with Crippen LogP contribution in [0.25, 0.3) is 0 Å². The molecule has 2 aliphatic rings. The number of carbonyl (C=O) groups is 1. The van der Waals surface area contributed by atoms with Crippen LogP contribution in [0.1, 0.15) is 60.8 Å². The molecule has 1 N–H and O–H groups in total. The van der Waals surface area contributed by atoms with E-state index in [-0.39, 0.29) is 23.8 Å². The minimum Gasteiger partial charge on any atom is -0.459 e. The fraction of sp³-hybridized carbons (Fsp3) is 0.882. The van der Waals surface area contributed by atoms with Crippen molar-refractivity contribution in [3.63, 3.8) is 0 Å². The molecule has 0 aromatic rings. The average Bonchev–Trinajstić information content (AvgIpc) is 2.47. The number of carbonyl (C=O) groups excluding carboxylic acids is 1. The molecule has 0 aromatic heterocycles. The molecule has 0 saturated heterocycles. The molecule has 0 amide bonds. The Morgan fingerprint density at radius 2 is 1.95 bits per heavy atom. The van der Waals surface area contributed by atoms with Gasteiger partial charge in [0.15, 0.2) is 0 Å². The lowest BCUT2D eigenvalue weighted by Gasteiger charge is -2.47. The highest BCUT2D eigenvalue weighted by molar-refractivity contribution is 5.95. The van der Waals surface area contributed by atoms with Gasteiger partial charge in [-0.25, -0.2) is 0 Å². The molecule has 0 spiro atoms. The summed E-state index contributed by atoms with van der Waals surface area (Å²) in [6, 6.07) is 0. The van der Waals surface area contributed by atoms with Crippen molar-refractivity contribution in [3.8, 4) is 0 Å². The van der Waals surface area contributed by atoms with E-state index >= 15 is 0 Å². The quantitative estimate of drug-likeness (QED) is 0.797. The number of aliphatic hydroxyl groups is 1. The van der Waals surface area contributed by atoms with Crippen LogP contribution in [-0.2, 0) is 9.53 Å². The molecular formula is C17H29NO3. The van der Waals surface area contributed by atoms with Crippen LogP contribution in [0.5, 0.6) is 0 Å². The second-order valence-electron chi connectivity index (χ2n) is 8.35. The Balaban J connectivity index is 2.11. The summed E-state index contributed by atoms with van der Waals surface area (Å²) in [5.41, 5.74) is -0.472. The van der Waals surface area contributed by atoms with Crippen molar-refractivity contribution >= 4 is 11.7 Å². The molecule has 0 aromatic carbocycles. The Kier molecular flexibility index (Phi) is 3.98. The Morgan fingerprint density at radius 1 is 1.33 bits per heavy atom. The molecule has 120 valence electrons. The third-order valence-electron chi connectivity index (χ3n) is 5.28. The average molecular weight is 295 g/mol. The van der Waals surface area contributed by atoms with E-state index in [0.29, 0.717) is 5.92 Å². The maximum absolute atomic E-state index is 11.8. The van der Waals surface area contributed by atoms with Crippen LogP contribution in [0, 0.1) is 17.3 Å². The van der Waals surface area contributed by atoms with Crippen molar-refractivity contribution in [1.29, 1.82) is 0 Å². The SMILES string of the molecule is CC(C)(C)OC(=O)CN=C1C[C@@H]2CC[C@@H](C2(C)C)[C@]1(C)O. The molecule has 0 heterocycles. The summed E-state index contributed by atoms with van der Waals surface area (Å²) in [7, 11) is 0. The molecule has 0 unspecified atom stereocenters. The highest BCUT2D eigenvalue weighted by Gasteiger charge is 2.57. The highest BCUT2D eigenvalue weighted by Crippen LogP contribution is 2.57. The van der Waals surface area contributed by atoms with E-state index in [0.717, 1.165) is 25.0 Å². The Hall–Kier alpha value is -0.900. The number of nitrogens with zero attached hydrogens (tertiary/aromatic N) is 1. The molecule has 4 nitrogen and oxygen atoms in total. The first-order valence-corrected chi connectivity index (χ1v) is 7.92. The van der Waals surface area contributed by atoms with Gasteiger partial charge in [-0.2, -0.15) is 0 Å². The van der Waals surface area contributed by atoms with Crippen LogP contribution >= 0.6 is 0 Å². The first-order chi connectivity index (χ1) is 9.44. The first kappa shape index (κ1) is 16.5. The third kappa shape index (κ3) is 3.15. The Morgan fingerprint density at radius 3 is 2.52 bits per heavy atom. The second-order valence-corrected chi connectivity index (χ2v) is 8.35. The summed E-state index contributed by atoms with van der Waals surface area (Å²) < 4.78 is 5.28. The van der Waals surface area contributed by atoms with E-state index in [1.807, 2.05) is 27.7 Å². The van der Waals surface area contributed by atoms with E-state index < -0.39 is 11.2 Å². The van der Waals surface area contributed by atoms with E-state index in [4.69, 9.17) is 4.74 Å². The molecule has 2 saturated carbocycles. The topological polar surface area (TPSA) is 58.9 Å². The monoisotopic (exact) mass is 295 g/mol. The van der Waals surface area contributed by atoms with Crippen LogP contribution in [0.2, 0.25) is 0 Å². The summed E-state index contributed by atoms with van der Waals surface area (Å²) in [4.78, 5) is 16.2. The zero-order valence-corrected chi connectivity index (χ0v) is 14.2. The summed E-state index contributed by atoms with van der Waals surface area (Å²) in [5.74, 6) is 0.448. The minimum absolute atomic E-state index is 0.00260. The van der Waals surface area contributed by atoms with Crippen molar-refractivity contribution in [2.24, 2.45) is 22.2 Å². The third-order valence-corrected chi connectivity index (χ3v) is 5.28. The molecule has 2 rings (SSSR count). The van der Waals surface area contributed by atoms with Gasteiger partial charge in [0.25, 0.3) is 0 Å². The number of rotatable bonds is 2. The number of hydrogen-bond acceptors (Lipinski definition) is 4. The number of ether oxygens (including phenoxy) is 1. The summed E-state index contributed by atoms with van der Waals surface area (Å²) in [6.07, 6.45) is 2.97. The number of fused-ring (bicyclic) bond motifs is 2. The number of esters is 1. The first-order valence-electron chi connectivity index (χ1n) is 7.92. The van der Waals surface area contributed by atoms with Crippen LogP contribution in [0.3, 0.4) is 0 Å². The zero-order chi connectivity index (χ0) is 16.1. The maximum atomic E-state index is 11.8. The molecule has 4 heteroatoms. The molecule has 21 heavy (non-hydrogen) atoms. The van der Waals surface area contributed by atoms with Gasteiger partial charge in [0.2, 0.25) is 0 Å². The van der Waals surface area contributed by atoms with E-state index in [2.05, 4.69) is 18.8 Å². The molecule has 2 bridgehead atoms. The van der Waals surface area contributed by atoms with Gasteiger partial charge in [-0.05, 0) is 64.2 Å². The highest BCUT2D eigenvalue weighted by atomic mass is 16.6. The smallest absolute Gasteiger partial charge is 0.328 e. The van der Waals surface area contributed by atoms with Crippen LogP contribution in [0.15, 0.2) is 4.99 Å². The fourth-order valence-corrected chi connectivity index (χ4v) is 4.17. The van der Waals surface area contributed by atoms with Crippen LogP contribution in [0.4, 0.5) is 0 Å². The molecule has 3 atom stereocenters. The predicted molar refractivity (Wildman–Crippen MR) is 83.4 cm³/mol. The van der Waals surface area contributed by atoms with Gasteiger partial charge in [0, 0.05) is 5.71 Å². The van der Waals surface area contributed by atoms with Crippen LogP contribution < -0.4 is 0 Å². The van der Waals surface area contributed by atoms with Crippen molar-refractivity contribution in [2.75, 3.05) is 6.54 Å². The molecule has 2 fully saturated rings. The van der Waals surface area contributed by atoms with Gasteiger partial charge in [0.05, 0.1) is 0 Å². The number of hydrogen-bond donors (Lipinski definition) is 1. The van der Waals surface area contributed by atoms with Gasteiger partial charge in [-0.1, -0.05) is 13.8 Å². The number of aliphatic imine (C=N–C) groups is 1. The second kappa shape index (κ2) is 5.08. The molecule has 0 aliphatic heterocycles. The van der Waals surface area contributed by atoms with E-state index in [1.54, 1.807) is 0 Å². The Bertz CT molecular complexity index is 457. The van der Waals surface area contributed by atoms with Crippen molar-refractivity contribution in [1.82, 2.24) is 0 Å². The Labute approximate surface area is 128 Å². The standard InChI is InChI=1S/C17H29NO3/c1-15(2,3)21-14(19)10-18-13-9-11-7-8-12(16(11,4)5)17(13,6)20/h11-12,20H,7-10H2,1-6H3/t11-,12-,17-/m0/s1. The van der Waals surface area contributed by atoms with Crippen molar-refractivity contribution in [2.45, 2.75) is 72.0 Å². The largest absolute Gasteiger partial charge is 0.459 e. The van der Waals surface area contributed by atoms with Gasteiger partial charge < -0.3 is 9.84 Å². The van der Waals surface area contributed by atoms with Crippen LogP contribution in [-0.4, -0.2) is 34.5 Å². The lowest BCUT2D eigenvalue weighted by Crippen LogP contribution is -2.53. The van der Waals surface area contributed by atoms with Crippen molar-refractivity contribution < 1.29 is 14.6 Å².